The third kappa shape index (κ3) is 2.79. The summed E-state index contributed by atoms with van der Waals surface area (Å²) in [6, 6.07) is 6.26. The van der Waals surface area contributed by atoms with Gasteiger partial charge < -0.3 is 4.57 Å². The van der Waals surface area contributed by atoms with Crippen molar-refractivity contribution in [1.29, 1.82) is 0 Å². The lowest BCUT2D eigenvalue weighted by Crippen LogP contribution is -2.23. The van der Waals surface area contributed by atoms with Crippen LogP contribution in [0, 0.1) is 18.3 Å². The number of hydrogen-bond acceptors (Lipinski definition) is 1. The molecule has 3 heteroatoms. The topological polar surface area (TPSA) is 17.8 Å². The Bertz CT molecular complexity index is 578. The Morgan fingerprint density at radius 1 is 1.32 bits per heavy atom. The lowest BCUT2D eigenvalue weighted by molar-refractivity contribution is 0.233. The average molecular weight is 279 g/mol. The summed E-state index contributed by atoms with van der Waals surface area (Å²) in [4.78, 5) is 4.66. The number of aryl methyl sites for hydroxylation is 1. The van der Waals surface area contributed by atoms with Crippen LogP contribution in [-0.4, -0.2) is 9.55 Å². The number of benzene rings is 1. The maximum atomic E-state index is 6.07. The van der Waals surface area contributed by atoms with E-state index in [1.165, 1.54) is 11.1 Å². The minimum absolute atomic E-state index is 0.281. The van der Waals surface area contributed by atoms with Crippen molar-refractivity contribution in [3.8, 4) is 0 Å². The molecule has 0 fully saturated rings. The molecule has 19 heavy (non-hydrogen) atoms. The van der Waals surface area contributed by atoms with Gasteiger partial charge in [-0.25, -0.2) is 4.98 Å². The molecular formula is C16H23ClN2. The van der Waals surface area contributed by atoms with Crippen LogP contribution in [0.5, 0.6) is 0 Å². The molecule has 2 aromatic rings. The van der Waals surface area contributed by atoms with Gasteiger partial charge in [-0.1, -0.05) is 39.8 Å². The Labute approximate surface area is 120 Å². The second kappa shape index (κ2) is 5.16. The summed E-state index contributed by atoms with van der Waals surface area (Å²) in [5.41, 5.74) is 3.83. The fourth-order valence-corrected chi connectivity index (χ4v) is 2.46. The predicted molar refractivity (Wildman–Crippen MR) is 82.6 cm³/mol. The fraction of sp³-hybridized carbons (Fsp3) is 0.562. The van der Waals surface area contributed by atoms with E-state index in [2.05, 4.69) is 62.4 Å². The minimum atomic E-state index is 0.281. The van der Waals surface area contributed by atoms with E-state index in [0.29, 0.717) is 11.8 Å². The van der Waals surface area contributed by atoms with Crippen LogP contribution in [0.3, 0.4) is 0 Å². The van der Waals surface area contributed by atoms with Crippen LogP contribution in [0.4, 0.5) is 0 Å². The zero-order valence-electron chi connectivity index (χ0n) is 12.5. The number of aromatic nitrogens is 2. The number of imidazole rings is 1. The van der Waals surface area contributed by atoms with Crippen molar-refractivity contribution < 1.29 is 0 Å². The maximum absolute atomic E-state index is 6.07. The maximum Gasteiger partial charge on any atom is 0.124 e. The number of hydrogen-bond donors (Lipinski definition) is 0. The van der Waals surface area contributed by atoms with E-state index in [1.54, 1.807) is 0 Å². The molecule has 1 atom stereocenters. The highest BCUT2D eigenvalue weighted by Gasteiger charge is 2.22. The number of nitrogens with zero attached hydrogens (tertiary/aromatic N) is 2. The van der Waals surface area contributed by atoms with Gasteiger partial charge in [0.1, 0.15) is 5.82 Å². The first-order valence-electron chi connectivity index (χ1n) is 6.85. The second-order valence-corrected chi connectivity index (χ2v) is 6.75. The van der Waals surface area contributed by atoms with Crippen molar-refractivity contribution in [2.45, 2.75) is 47.0 Å². The summed E-state index contributed by atoms with van der Waals surface area (Å²) in [5, 5.41) is 0. The normalized spacial score (nSPS) is 14.0. The third-order valence-electron chi connectivity index (χ3n) is 4.10. The van der Waals surface area contributed by atoms with Crippen molar-refractivity contribution in [2.75, 3.05) is 0 Å². The zero-order chi connectivity index (χ0) is 14.2. The molecule has 0 saturated carbocycles. The highest BCUT2D eigenvalue weighted by Crippen LogP contribution is 2.30. The number of para-hydroxylation sites is 1. The summed E-state index contributed by atoms with van der Waals surface area (Å²) >= 11 is 6.07. The summed E-state index contributed by atoms with van der Waals surface area (Å²) in [6.45, 7) is 12.2. The van der Waals surface area contributed by atoms with Gasteiger partial charge in [-0.05, 0) is 29.9 Å². The molecule has 0 radical (unpaired) electrons. The van der Waals surface area contributed by atoms with E-state index < -0.39 is 0 Å². The van der Waals surface area contributed by atoms with Gasteiger partial charge in [0.25, 0.3) is 0 Å². The molecule has 0 aliphatic heterocycles. The summed E-state index contributed by atoms with van der Waals surface area (Å²) < 4.78 is 2.30. The van der Waals surface area contributed by atoms with E-state index in [4.69, 9.17) is 11.6 Å². The standard InChI is InChI=1S/C16H23ClN2/c1-11-7-6-8-13-15(11)19(14(9-17)18-13)10-12(2)16(3,4)5/h6-8,12H,9-10H2,1-5H3. The first kappa shape index (κ1) is 14.4. The number of fused-ring (bicyclic) bond motifs is 1. The minimum Gasteiger partial charge on any atom is -0.326 e. The monoisotopic (exact) mass is 278 g/mol. The lowest BCUT2D eigenvalue weighted by Gasteiger charge is -2.28. The van der Waals surface area contributed by atoms with E-state index in [9.17, 15) is 0 Å². The smallest absolute Gasteiger partial charge is 0.124 e. The molecule has 1 aromatic heterocycles. The Hall–Kier alpha value is -1.02. The second-order valence-electron chi connectivity index (χ2n) is 6.48. The van der Waals surface area contributed by atoms with Crippen LogP contribution in [-0.2, 0) is 12.4 Å². The van der Waals surface area contributed by atoms with Crippen LogP contribution in [0.1, 0.15) is 39.1 Å². The quantitative estimate of drug-likeness (QED) is 0.740. The van der Waals surface area contributed by atoms with Gasteiger partial charge in [-0.2, -0.15) is 0 Å². The van der Waals surface area contributed by atoms with E-state index in [0.717, 1.165) is 17.9 Å². The summed E-state index contributed by atoms with van der Waals surface area (Å²) in [6.07, 6.45) is 0. The molecule has 1 unspecified atom stereocenters. The molecule has 1 heterocycles. The van der Waals surface area contributed by atoms with E-state index >= 15 is 0 Å². The van der Waals surface area contributed by atoms with E-state index in [1.807, 2.05) is 0 Å². The van der Waals surface area contributed by atoms with Crippen molar-refractivity contribution in [3.05, 3.63) is 29.6 Å². The fourth-order valence-electron chi connectivity index (χ4n) is 2.26. The Morgan fingerprint density at radius 3 is 2.58 bits per heavy atom. The van der Waals surface area contributed by atoms with Gasteiger partial charge in [0.15, 0.2) is 0 Å². The Balaban J connectivity index is 2.52. The Kier molecular flexibility index (Phi) is 3.91. The third-order valence-corrected chi connectivity index (χ3v) is 4.34. The van der Waals surface area contributed by atoms with Gasteiger partial charge in [-0.3, -0.25) is 0 Å². The number of halogens is 1. The Morgan fingerprint density at radius 2 is 2.00 bits per heavy atom. The van der Waals surface area contributed by atoms with Crippen LogP contribution in [0.25, 0.3) is 11.0 Å². The zero-order valence-corrected chi connectivity index (χ0v) is 13.3. The van der Waals surface area contributed by atoms with Crippen molar-refractivity contribution in [1.82, 2.24) is 9.55 Å². The molecule has 104 valence electrons. The highest BCUT2D eigenvalue weighted by molar-refractivity contribution is 6.16. The lowest BCUT2D eigenvalue weighted by atomic mass is 9.82. The van der Waals surface area contributed by atoms with E-state index in [-0.39, 0.29) is 5.41 Å². The number of alkyl halides is 1. The van der Waals surface area contributed by atoms with Crippen molar-refractivity contribution in [2.24, 2.45) is 11.3 Å². The molecule has 2 rings (SSSR count). The van der Waals surface area contributed by atoms with Crippen LogP contribution < -0.4 is 0 Å². The molecule has 0 saturated heterocycles. The molecule has 0 aliphatic carbocycles. The molecule has 0 amide bonds. The van der Waals surface area contributed by atoms with Gasteiger partial charge in [0.2, 0.25) is 0 Å². The molecule has 0 N–H and O–H groups in total. The van der Waals surface area contributed by atoms with Crippen LogP contribution in [0.15, 0.2) is 18.2 Å². The van der Waals surface area contributed by atoms with Gasteiger partial charge in [0, 0.05) is 6.54 Å². The van der Waals surface area contributed by atoms with Crippen LogP contribution in [0.2, 0.25) is 0 Å². The molecule has 2 nitrogen and oxygen atoms in total. The summed E-state index contributed by atoms with van der Waals surface area (Å²) in [7, 11) is 0. The predicted octanol–water partition coefficient (Wildman–Crippen LogP) is 4.77. The largest absolute Gasteiger partial charge is 0.326 e. The van der Waals surface area contributed by atoms with Crippen molar-refractivity contribution in [3.63, 3.8) is 0 Å². The first-order chi connectivity index (χ1) is 8.84. The van der Waals surface area contributed by atoms with Crippen LogP contribution >= 0.6 is 11.6 Å². The molecule has 1 aromatic carbocycles. The molecule has 0 spiro atoms. The van der Waals surface area contributed by atoms with Gasteiger partial charge in [0.05, 0.1) is 16.9 Å². The molecule has 0 aliphatic rings. The van der Waals surface area contributed by atoms with Gasteiger partial charge in [-0.15, -0.1) is 11.6 Å². The molecular weight excluding hydrogens is 256 g/mol. The highest BCUT2D eigenvalue weighted by atomic mass is 35.5. The van der Waals surface area contributed by atoms with Crippen molar-refractivity contribution >= 4 is 22.6 Å². The van der Waals surface area contributed by atoms with Gasteiger partial charge >= 0.3 is 0 Å². The number of rotatable bonds is 3. The summed E-state index contributed by atoms with van der Waals surface area (Å²) in [5.74, 6) is 2.00. The molecule has 0 bridgehead atoms. The first-order valence-corrected chi connectivity index (χ1v) is 7.38. The average Bonchev–Trinajstić information content (AvgIpc) is 2.67. The SMILES string of the molecule is Cc1cccc2nc(CCl)n(CC(C)C(C)(C)C)c12.